The van der Waals surface area contributed by atoms with Crippen molar-refractivity contribution in [2.45, 2.75) is 12.8 Å². The molecule has 5 nitrogen and oxygen atoms in total. The summed E-state index contributed by atoms with van der Waals surface area (Å²) in [6.07, 6.45) is 2.47. The van der Waals surface area contributed by atoms with Crippen LogP contribution in [0.25, 0.3) is 10.6 Å². The van der Waals surface area contributed by atoms with Crippen molar-refractivity contribution in [3.63, 3.8) is 0 Å². The Labute approximate surface area is 116 Å². The van der Waals surface area contributed by atoms with Crippen molar-refractivity contribution >= 4 is 22.2 Å². The van der Waals surface area contributed by atoms with E-state index in [1.54, 1.807) is 18.4 Å². The van der Waals surface area contributed by atoms with Crippen molar-refractivity contribution in [3.8, 4) is 16.3 Å². The molecule has 0 aliphatic carbocycles. The molecule has 0 atom stereocenters. The molecule has 0 spiro atoms. The van der Waals surface area contributed by atoms with E-state index in [2.05, 4.69) is 15.1 Å². The summed E-state index contributed by atoms with van der Waals surface area (Å²) in [5.74, 6) is 0.755. The zero-order valence-electron chi connectivity index (χ0n) is 10.8. The van der Waals surface area contributed by atoms with E-state index in [1.807, 2.05) is 18.2 Å². The van der Waals surface area contributed by atoms with Crippen LogP contribution in [-0.4, -0.2) is 30.4 Å². The van der Waals surface area contributed by atoms with Crippen LogP contribution in [0, 0.1) is 0 Å². The number of aromatic nitrogens is 2. The van der Waals surface area contributed by atoms with Gasteiger partial charge in [0.15, 0.2) is 5.01 Å². The molecule has 1 aliphatic heterocycles. The molecule has 0 bridgehead atoms. The average Bonchev–Trinajstić information content (AvgIpc) is 3.09. The van der Waals surface area contributed by atoms with Gasteiger partial charge in [-0.05, 0) is 25.0 Å². The summed E-state index contributed by atoms with van der Waals surface area (Å²) in [6, 6.07) is 5.64. The van der Waals surface area contributed by atoms with Gasteiger partial charge in [-0.25, -0.2) is 0 Å². The molecule has 3 rings (SSSR count). The van der Waals surface area contributed by atoms with E-state index < -0.39 is 0 Å². The van der Waals surface area contributed by atoms with E-state index >= 15 is 0 Å². The lowest BCUT2D eigenvalue weighted by molar-refractivity contribution is 0.415. The zero-order chi connectivity index (χ0) is 13.2. The maximum Gasteiger partial charge on any atom is 0.208 e. The quantitative estimate of drug-likeness (QED) is 0.872. The zero-order valence-corrected chi connectivity index (χ0v) is 11.6. The molecular weight excluding hydrogens is 260 g/mol. The number of hydrogen-bond donors (Lipinski definition) is 1. The summed E-state index contributed by atoms with van der Waals surface area (Å²) in [4.78, 5) is 2.28. The number of anilines is 2. The van der Waals surface area contributed by atoms with E-state index in [9.17, 15) is 0 Å². The maximum absolute atomic E-state index is 6.04. The fourth-order valence-electron chi connectivity index (χ4n) is 2.22. The summed E-state index contributed by atoms with van der Waals surface area (Å²) in [5.41, 5.74) is 7.63. The smallest absolute Gasteiger partial charge is 0.208 e. The predicted molar refractivity (Wildman–Crippen MR) is 77.8 cm³/mol. The van der Waals surface area contributed by atoms with Gasteiger partial charge in [-0.15, -0.1) is 10.2 Å². The number of benzene rings is 1. The topological polar surface area (TPSA) is 64.3 Å². The molecule has 0 saturated carbocycles. The van der Waals surface area contributed by atoms with Gasteiger partial charge >= 0.3 is 0 Å². The van der Waals surface area contributed by atoms with Crippen LogP contribution in [0.1, 0.15) is 12.8 Å². The third-order valence-electron chi connectivity index (χ3n) is 3.28. The number of methoxy groups -OCH3 is 1. The lowest BCUT2D eigenvalue weighted by Crippen LogP contribution is -2.17. The number of ether oxygens (including phenoxy) is 1. The minimum absolute atomic E-state index is 0.670. The third kappa shape index (κ3) is 2.35. The van der Waals surface area contributed by atoms with Gasteiger partial charge in [0.2, 0.25) is 5.13 Å². The van der Waals surface area contributed by atoms with Gasteiger partial charge in [-0.1, -0.05) is 11.3 Å². The molecule has 19 heavy (non-hydrogen) atoms. The van der Waals surface area contributed by atoms with Crippen LogP contribution in [0.15, 0.2) is 18.2 Å². The molecule has 2 N–H and O–H groups in total. The Balaban J connectivity index is 1.89. The molecule has 2 aromatic rings. The molecule has 6 heteroatoms. The van der Waals surface area contributed by atoms with Crippen LogP contribution in [0.3, 0.4) is 0 Å². The van der Waals surface area contributed by atoms with Gasteiger partial charge in [0, 0.05) is 30.4 Å². The summed E-state index contributed by atoms with van der Waals surface area (Å²) in [6.45, 7) is 2.15. The monoisotopic (exact) mass is 276 g/mol. The Bertz CT molecular complexity index is 578. The second kappa shape index (κ2) is 5.05. The predicted octanol–water partition coefficient (Wildman–Crippen LogP) is 2.40. The van der Waals surface area contributed by atoms with Gasteiger partial charge in [0.05, 0.1) is 7.11 Å². The van der Waals surface area contributed by atoms with E-state index in [0.717, 1.165) is 34.5 Å². The summed E-state index contributed by atoms with van der Waals surface area (Å²) in [5, 5.41) is 10.4. The van der Waals surface area contributed by atoms with Gasteiger partial charge < -0.3 is 15.4 Å². The van der Waals surface area contributed by atoms with Crippen molar-refractivity contribution < 1.29 is 4.74 Å². The van der Waals surface area contributed by atoms with Crippen LogP contribution < -0.4 is 15.4 Å². The molecule has 0 unspecified atom stereocenters. The number of rotatable bonds is 3. The molecule has 100 valence electrons. The van der Waals surface area contributed by atoms with Crippen LogP contribution in [0.4, 0.5) is 10.8 Å². The largest absolute Gasteiger partial charge is 0.497 e. The Morgan fingerprint density at radius 3 is 2.74 bits per heavy atom. The molecular formula is C13H16N4OS. The van der Waals surface area contributed by atoms with Crippen LogP contribution in [0.2, 0.25) is 0 Å². The Morgan fingerprint density at radius 1 is 1.26 bits per heavy atom. The summed E-state index contributed by atoms with van der Waals surface area (Å²) >= 11 is 1.59. The highest BCUT2D eigenvalue weighted by Gasteiger charge is 2.18. The van der Waals surface area contributed by atoms with Crippen molar-refractivity contribution in [1.29, 1.82) is 0 Å². The van der Waals surface area contributed by atoms with Crippen molar-refractivity contribution in [2.24, 2.45) is 0 Å². The lowest BCUT2D eigenvalue weighted by Gasteiger charge is -2.11. The van der Waals surface area contributed by atoms with Crippen LogP contribution >= 0.6 is 11.3 Å². The highest BCUT2D eigenvalue weighted by molar-refractivity contribution is 7.18. The molecule has 1 fully saturated rings. The molecule has 2 heterocycles. The number of nitrogens with zero attached hydrogens (tertiary/aromatic N) is 3. The maximum atomic E-state index is 6.04. The Kier molecular flexibility index (Phi) is 3.25. The lowest BCUT2D eigenvalue weighted by atomic mass is 10.2. The SMILES string of the molecule is COc1ccc(-c2nnc(N3CCCC3)s2)c(N)c1. The molecule has 1 aliphatic rings. The minimum Gasteiger partial charge on any atom is -0.497 e. The van der Waals surface area contributed by atoms with Gasteiger partial charge in [-0.3, -0.25) is 0 Å². The summed E-state index contributed by atoms with van der Waals surface area (Å²) in [7, 11) is 1.63. The third-order valence-corrected chi connectivity index (χ3v) is 4.30. The first kappa shape index (κ1) is 12.2. The van der Waals surface area contributed by atoms with E-state index in [1.165, 1.54) is 12.8 Å². The van der Waals surface area contributed by atoms with Gasteiger partial charge in [-0.2, -0.15) is 0 Å². The molecule has 1 aromatic carbocycles. The molecule has 1 saturated heterocycles. The standard InChI is InChI=1S/C13H16N4OS/c1-18-9-4-5-10(11(14)8-9)12-15-16-13(19-12)17-6-2-3-7-17/h4-5,8H,2-3,6-7,14H2,1H3. The fourth-order valence-corrected chi connectivity index (χ4v) is 3.17. The van der Waals surface area contributed by atoms with Crippen molar-refractivity contribution in [2.75, 3.05) is 30.8 Å². The first-order chi connectivity index (χ1) is 9.28. The fraction of sp³-hybridized carbons (Fsp3) is 0.385. The second-order valence-corrected chi connectivity index (χ2v) is 5.49. The Hall–Kier alpha value is -1.82. The molecule has 1 aromatic heterocycles. The van der Waals surface area contributed by atoms with E-state index in [-0.39, 0.29) is 0 Å². The van der Waals surface area contributed by atoms with Gasteiger partial charge in [0.1, 0.15) is 5.75 Å². The number of nitrogen functional groups attached to an aromatic ring is 1. The second-order valence-electron chi connectivity index (χ2n) is 4.54. The highest BCUT2D eigenvalue weighted by Crippen LogP contribution is 2.34. The normalized spacial score (nSPS) is 14.9. The molecule has 0 radical (unpaired) electrons. The van der Waals surface area contributed by atoms with Crippen molar-refractivity contribution in [3.05, 3.63) is 18.2 Å². The van der Waals surface area contributed by atoms with Crippen LogP contribution in [-0.2, 0) is 0 Å². The average molecular weight is 276 g/mol. The van der Waals surface area contributed by atoms with Crippen molar-refractivity contribution in [1.82, 2.24) is 10.2 Å². The number of nitrogens with two attached hydrogens (primary N) is 1. The first-order valence-electron chi connectivity index (χ1n) is 6.30. The van der Waals surface area contributed by atoms with E-state index in [4.69, 9.17) is 10.5 Å². The minimum atomic E-state index is 0.670. The summed E-state index contributed by atoms with van der Waals surface area (Å²) < 4.78 is 5.15. The Morgan fingerprint density at radius 2 is 2.05 bits per heavy atom. The number of hydrogen-bond acceptors (Lipinski definition) is 6. The first-order valence-corrected chi connectivity index (χ1v) is 7.12. The van der Waals surface area contributed by atoms with Gasteiger partial charge in [0.25, 0.3) is 0 Å². The van der Waals surface area contributed by atoms with E-state index in [0.29, 0.717) is 5.69 Å². The highest BCUT2D eigenvalue weighted by atomic mass is 32.1. The molecule has 0 amide bonds. The van der Waals surface area contributed by atoms with Crippen LogP contribution in [0.5, 0.6) is 5.75 Å².